The summed E-state index contributed by atoms with van der Waals surface area (Å²) in [5.74, 6) is 0.424. The molecule has 8 nitrogen and oxygen atoms in total. The lowest BCUT2D eigenvalue weighted by molar-refractivity contribution is -0.142. The first kappa shape index (κ1) is 20.7. The Morgan fingerprint density at radius 1 is 1.06 bits per heavy atom. The first-order chi connectivity index (χ1) is 16.6. The maximum Gasteiger partial charge on any atom is 0.306 e. The summed E-state index contributed by atoms with van der Waals surface area (Å²) in [7, 11) is 0. The summed E-state index contributed by atoms with van der Waals surface area (Å²) in [6, 6.07) is 16.7. The third-order valence-corrected chi connectivity index (χ3v) is 7.26. The van der Waals surface area contributed by atoms with Crippen molar-refractivity contribution in [3.63, 3.8) is 0 Å². The maximum atomic E-state index is 11.4. The van der Waals surface area contributed by atoms with Gasteiger partial charge in [-0.3, -0.25) is 4.79 Å². The van der Waals surface area contributed by atoms with Crippen LogP contribution in [0.1, 0.15) is 54.7 Å². The third kappa shape index (κ3) is 3.37. The summed E-state index contributed by atoms with van der Waals surface area (Å²) in [6.45, 7) is 0. The molecule has 34 heavy (non-hydrogen) atoms. The highest BCUT2D eigenvalue weighted by Gasteiger charge is 2.34. The van der Waals surface area contributed by atoms with Gasteiger partial charge in [-0.05, 0) is 36.8 Å². The summed E-state index contributed by atoms with van der Waals surface area (Å²) in [6.07, 6.45) is 5.11. The molecule has 0 spiro atoms. The fraction of sp³-hybridized carbons (Fsp3) is 0.308. The van der Waals surface area contributed by atoms with Crippen LogP contribution in [-0.4, -0.2) is 30.7 Å². The van der Waals surface area contributed by atoms with E-state index in [1.54, 1.807) is 0 Å². The van der Waals surface area contributed by atoms with Gasteiger partial charge in [-0.15, -0.1) is 0 Å². The van der Waals surface area contributed by atoms with Gasteiger partial charge in [0.1, 0.15) is 17.7 Å². The van der Waals surface area contributed by atoms with E-state index < -0.39 is 5.97 Å². The highest BCUT2D eigenvalue weighted by Crippen LogP contribution is 2.43. The number of carbonyl (C=O) groups is 1. The SMILES string of the molecule is Nc1ncnn2c(C3CCC(C(=O)O)CC3)nc(C3Cc4cccc(-c5ccccc5)c4N3)c12. The van der Waals surface area contributed by atoms with Crippen LogP contribution in [0.15, 0.2) is 54.9 Å². The second-order valence-electron chi connectivity index (χ2n) is 9.25. The number of imidazole rings is 1. The number of benzene rings is 2. The van der Waals surface area contributed by atoms with Gasteiger partial charge < -0.3 is 16.2 Å². The predicted octanol–water partition coefficient (Wildman–Crippen LogP) is 4.44. The molecule has 4 N–H and O–H groups in total. The molecule has 2 aliphatic rings. The average Bonchev–Trinajstić information content (AvgIpc) is 3.47. The Balaban J connectivity index is 1.37. The zero-order chi connectivity index (χ0) is 23.2. The van der Waals surface area contributed by atoms with Crippen molar-refractivity contribution in [2.75, 3.05) is 11.1 Å². The van der Waals surface area contributed by atoms with Crippen molar-refractivity contribution in [3.8, 4) is 11.1 Å². The van der Waals surface area contributed by atoms with Crippen LogP contribution >= 0.6 is 0 Å². The van der Waals surface area contributed by atoms with Gasteiger partial charge in [0.25, 0.3) is 0 Å². The fourth-order valence-electron chi connectivity index (χ4n) is 5.52. The summed E-state index contributed by atoms with van der Waals surface area (Å²) < 4.78 is 1.83. The summed E-state index contributed by atoms with van der Waals surface area (Å²) >= 11 is 0. The van der Waals surface area contributed by atoms with Gasteiger partial charge in [0.2, 0.25) is 0 Å². The lowest BCUT2D eigenvalue weighted by Crippen LogP contribution is -2.21. The van der Waals surface area contributed by atoms with Gasteiger partial charge in [0.15, 0.2) is 5.82 Å². The molecule has 0 bridgehead atoms. The topological polar surface area (TPSA) is 118 Å². The lowest BCUT2D eigenvalue weighted by Gasteiger charge is -2.24. The number of fused-ring (bicyclic) bond motifs is 2. The van der Waals surface area contributed by atoms with Gasteiger partial charge in [0, 0.05) is 23.6 Å². The molecule has 6 rings (SSSR count). The van der Waals surface area contributed by atoms with Crippen LogP contribution < -0.4 is 11.1 Å². The lowest BCUT2D eigenvalue weighted by atomic mass is 9.82. The average molecular weight is 455 g/mol. The normalized spacial score (nSPS) is 21.8. The zero-order valence-corrected chi connectivity index (χ0v) is 18.7. The Bertz CT molecular complexity index is 1380. The van der Waals surface area contributed by atoms with Gasteiger partial charge in [-0.1, -0.05) is 48.5 Å². The van der Waals surface area contributed by atoms with Crippen molar-refractivity contribution >= 4 is 23.0 Å². The number of para-hydroxylation sites is 1. The smallest absolute Gasteiger partial charge is 0.306 e. The molecule has 1 aliphatic carbocycles. The van der Waals surface area contributed by atoms with E-state index in [9.17, 15) is 9.90 Å². The second kappa shape index (κ2) is 8.13. The second-order valence-corrected chi connectivity index (χ2v) is 9.25. The highest BCUT2D eigenvalue weighted by atomic mass is 16.4. The van der Waals surface area contributed by atoms with Crippen LogP contribution in [0.3, 0.4) is 0 Å². The Kier molecular flexibility index (Phi) is 4.94. The number of nitrogens with zero attached hydrogens (tertiary/aromatic N) is 4. The number of nitrogens with two attached hydrogens (primary N) is 1. The molecule has 4 aromatic rings. The monoisotopic (exact) mass is 454 g/mol. The molecule has 3 heterocycles. The Labute approximate surface area is 196 Å². The number of nitrogen functional groups attached to an aromatic ring is 1. The number of nitrogens with one attached hydrogen (secondary N) is 1. The van der Waals surface area contributed by atoms with Crippen molar-refractivity contribution in [2.45, 2.75) is 44.1 Å². The number of carboxylic acid groups (broad SMARTS) is 1. The van der Waals surface area contributed by atoms with Crippen LogP contribution in [0, 0.1) is 5.92 Å². The van der Waals surface area contributed by atoms with Crippen molar-refractivity contribution < 1.29 is 9.90 Å². The van der Waals surface area contributed by atoms with E-state index in [1.807, 2.05) is 22.7 Å². The fourth-order valence-corrected chi connectivity index (χ4v) is 5.52. The minimum absolute atomic E-state index is 0.0488. The largest absolute Gasteiger partial charge is 0.481 e. The van der Waals surface area contributed by atoms with E-state index >= 15 is 0 Å². The number of carboxylic acids is 1. The van der Waals surface area contributed by atoms with E-state index in [2.05, 4.69) is 45.7 Å². The first-order valence-electron chi connectivity index (χ1n) is 11.8. The molecular weight excluding hydrogens is 428 g/mol. The van der Waals surface area contributed by atoms with Gasteiger partial charge in [-0.2, -0.15) is 5.10 Å². The number of rotatable bonds is 4. The number of anilines is 2. The van der Waals surface area contributed by atoms with Crippen molar-refractivity contribution in [1.82, 2.24) is 19.6 Å². The standard InChI is InChI=1S/C26H26N6O2/c27-24-23-22(20-13-18-7-4-8-19(21(18)30-20)15-5-2-1-3-6-15)31-25(32(23)29-14-28-24)16-9-11-17(12-10-16)26(33)34/h1-8,14,16-17,20,30H,9-13H2,(H,33,34)(H2,27,28,29). The number of aromatic nitrogens is 4. The zero-order valence-electron chi connectivity index (χ0n) is 18.7. The van der Waals surface area contributed by atoms with Crippen LogP contribution in [0.2, 0.25) is 0 Å². The van der Waals surface area contributed by atoms with Crippen molar-refractivity contribution in [3.05, 3.63) is 71.9 Å². The first-order valence-corrected chi connectivity index (χ1v) is 11.8. The minimum Gasteiger partial charge on any atom is -0.481 e. The predicted molar refractivity (Wildman–Crippen MR) is 129 cm³/mol. The molecule has 1 atom stereocenters. The quantitative estimate of drug-likeness (QED) is 0.417. The number of hydrogen-bond acceptors (Lipinski definition) is 6. The van der Waals surface area contributed by atoms with Crippen LogP contribution in [-0.2, 0) is 11.2 Å². The molecule has 172 valence electrons. The molecule has 2 aromatic heterocycles. The van der Waals surface area contributed by atoms with E-state index in [4.69, 9.17) is 10.7 Å². The molecule has 0 saturated heterocycles. The Morgan fingerprint density at radius 2 is 1.85 bits per heavy atom. The molecule has 2 aromatic carbocycles. The van der Waals surface area contributed by atoms with Gasteiger partial charge in [0.05, 0.1) is 17.7 Å². The molecule has 1 unspecified atom stereocenters. The van der Waals surface area contributed by atoms with Crippen LogP contribution in [0.5, 0.6) is 0 Å². The highest BCUT2D eigenvalue weighted by molar-refractivity contribution is 5.83. The van der Waals surface area contributed by atoms with Crippen molar-refractivity contribution in [1.29, 1.82) is 0 Å². The Hall–Kier alpha value is -3.94. The van der Waals surface area contributed by atoms with Crippen LogP contribution in [0.4, 0.5) is 11.5 Å². The van der Waals surface area contributed by atoms with E-state index in [0.717, 1.165) is 42.0 Å². The van der Waals surface area contributed by atoms with Gasteiger partial charge in [-0.25, -0.2) is 14.5 Å². The van der Waals surface area contributed by atoms with Gasteiger partial charge >= 0.3 is 5.97 Å². The van der Waals surface area contributed by atoms with E-state index in [1.165, 1.54) is 23.0 Å². The summed E-state index contributed by atoms with van der Waals surface area (Å²) in [5.41, 5.74) is 12.6. The Morgan fingerprint density at radius 3 is 2.62 bits per heavy atom. The van der Waals surface area contributed by atoms with E-state index in [-0.39, 0.29) is 17.9 Å². The molecule has 1 saturated carbocycles. The van der Waals surface area contributed by atoms with Crippen molar-refractivity contribution in [2.24, 2.45) is 5.92 Å². The van der Waals surface area contributed by atoms with E-state index in [0.29, 0.717) is 18.7 Å². The molecule has 1 aliphatic heterocycles. The maximum absolute atomic E-state index is 11.4. The molecule has 0 amide bonds. The number of hydrogen-bond donors (Lipinski definition) is 3. The summed E-state index contributed by atoms with van der Waals surface area (Å²) in [4.78, 5) is 20.7. The molecular formula is C26H26N6O2. The molecule has 0 radical (unpaired) electrons. The summed E-state index contributed by atoms with van der Waals surface area (Å²) in [5, 5.41) is 17.6. The molecule has 1 fully saturated rings. The minimum atomic E-state index is -0.708. The van der Waals surface area contributed by atoms with Crippen LogP contribution in [0.25, 0.3) is 16.6 Å². The number of aliphatic carboxylic acids is 1. The third-order valence-electron chi connectivity index (χ3n) is 7.26. The molecule has 8 heteroatoms.